The summed E-state index contributed by atoms with van der Waals surface area (Å²) in [5.41, 5.74) is 0.207. The molecule has 0 bridgehead atoms. The van der Waals surface area contributed by atoms with Crippen molar-refractivity contribution in [2.75, 3.05) is 5.32 Å². The molecule has 0 aliphatic carbocycles. The zero-order chi connectivity index (χ0) is 17.6. The number of carbonyl (C=O) groups is 1. The van der Waals surface area contributed by atoms with Gasteiger partial charge in [0, 0.05) is 21.0 Å². The Labute approximate surface area is 147 Å². The lowest BCUT2D eigenvalue weighted by molar-refractivity contribution is -0.123. The van der Waals surface area contributed by atoms with Gasteiger partial charge in [0.15, 0.2) is 0 Å². The normalized spacial score (nSPS) is 19.7. The van der Waals surface area contributed by atoms with E-state index in [0.717, 1.165) is 9.94 Å². The zero-order valence-corrected chi connectivity index (χ0v) is 16.5. The Balaban J connectivity index is 2.36. The van der Waals surface area contributed by atoms with Crippen molar-refractivity contribution in [2.45, 2.75) is 59.7 Å². The number of carbonyl (C=O) groups excluding carboxylic acids is 1. The van der Waals surface area contributed by atoms with Crippen LogP contribution in [0, 0.1) is 5.41 Å². The Bertz CT molecular complexity index is 607. The first-order valence-corrected chi connectivity index (χ1v) is 8.59. The van der Waals surface area contributed by atoms with Crippen LogP contribution in [0.2, 0.25) is 0 Å². The predicted molar refractivity (Wildman–Crippen MR) is 97.9 cm³/mol. The second-order valence-electron chi connectivity index (χ2n) is 8.02. The minimum absolute atomic E-state index is 0.0439. The van der Waals surface area contributed by atoms with E-state index in [-0.39, 0.29) is 5.91 Å². The maximum atomic E-state index is 12.3. The lowest BCUT2D eigenvalue weighted by Crippen LogP contribution is -2.41. The van der Waals surface area contributed by atoms with Crippen LogP contribution in [0.1, 0.15) is 48.5 Å². The van der Waals surface area contributed by atoms with Crippen molar-refractivity contribution in [3.8, 4) is 0 Å². The Morgan fingerprint density at radius 3 is 2.13 bits per heavy atom. The summed E-state index contributed by atoms with van der Waals surface area (Å²) in [6, 6.07) is 5.70. The van der Waals surface area contributed by atoms with Crippen LogP contribution in [0.5, 0.6) is 0 Å². The molecule has 0 aromatic heterocycles. The van der Waals surface area contributed by atoms with Gasteiger partial charge < -0.3 is 14.6 Å². The first-order valence-electron chi connectivity index (χ1n) is 7.80. The van der Waals surface area contributed by atoms with Gasteiger partial charge in [-0.3, -0.25) is 4.79 Å². The number of halogens is 1. The molecule has 0 spiro atoms. The molecular formula is C17H25BBrNO3. The van der Waals surface area contributed by atoms with E-state index in [2.05, 4.69) is 21.2 Å². The highest BCUT2D eigenvalue weighted by Crippen LogP contribution is 2.37. The predicted octanol–water partition coefficient (Wildman–Crippen LogP) is 3.73. The van der Waals surface area contributed by atoms with Crippen molar-refractivity contribution in [1.82, 2.24) is 0 Å². The van der Waals surface area contributed by atoms with Crippen LogP contribution in [-0.4, -0.2) is 24.2 Å². The summed E-state index contributed by atoms with van der Waals surface area (Å²) in [4.78, 5) is 12.3. The number of hydrogen-bond acceptors (Lipinski definition) is 3. The minimum Gasteiger partial charge on any atom is -0.399 e. The Morgan fingerprint density at radius 2 is 1.65 bits per heavy atom. The molecule has 1 N–H and O–H groups in total. The Hall–Kier alpha value is -0.845. The van der Waals surface area contributed by atoms with Gasteiger partial charge in [0.1, 0.15) is 0 Å². The Kier molecular flexibility index (Phi) is 4.75. The number of hydrogen-bond donors (Lipinski definition) is 1. The standard InChI is InChI=1S/C17H25BBrNO3/c1-15(2,3)14(21)20-13-9-8-11(19)10-12(13)18-22-16(4,5)17(6,7)23-18/h8-10H,1-7H3,(H,20,21). The summed E-state index contributed by atoms with van der Waals surface area (Å²) in [6.45, 7) is 13.7. The number of rotatable bonds is 2. The van der Waals surface area contributed by atoms with Gasteiger partial charge >= 0.3 is 7.12 Å². The van der Waals surface area contributed by atoms with E-state index in [0.29, 0.717) is 5.69 Å². The summed E-state index contributed by atoms with van der Waals surface area (Å²) in [5.74, 6) is -0.0439. The van der Waals surface area contributed by atoms with Gasteiger partial charge in [-0.25, -0.2) is 0 Å². The van der Waals surface area contributed by atoms with E-state index >= 15 is 0 Å². The number of nitrogens with one attached hydrogen (secondary N) is 1. The average molecular weight is 382 g/mol. The van der Waals surface area contributed by atoms with Crippen molar-refractivity contribution in [1.29, 1.82) is 0 Å². The molecule has 1 aromatic rings. The minimum atomic E-state index is -0.521. The van der Waals surface area contributed by atoms with Gasteiger partial charge in [0.05, 0.1) is 11.2 Å². The molecule has 0 radical (unpaired) electrons. The molecule has 1 aliphatic heterocycles. The summed E-state index contributed by atoms with van der Waals surface area (Å²) in [7, 11) is -0.521. The summed E-state index contributed by atoms with van der Waals surface area (Å²) >= 11 is 3.48. The van der Waals surface area contributed by atoms with Crippen LogP contribution < -0.4 is 10.8 Å². The van der Waals surface area contributed by atoms with E-state index in [4.69, 9.17) is 9.31 Å². The maximum Gasteiger partial charge on any atom is 0.497 e. The van der Waals surface area contributed by atoms with E-state index in [1.807, 2.05) is 66.7 Å². The van der Waals surface area contributed by atoms with Gasteiger partial charge in [0.25, 0.3) is 0 Å². The van der Waals surface area contributed by atoms with Gasteiger partial charge in [-0.2, -0.15) is 0 Å². The third-order valence-corrected chi connectivity index (χ3v) is 4.94. The topological polar surface area (TPSA) is 47.6 Å². The van der Waals surface area contributed by atoms with E-state index in [9.17, 15) is 4.79 Å². The SMILES string of the molecule is CC(C)(C)C(=O)Nc1ccc(Br)cc1B1OC(C)(C)C(C)(C)O1. The van der Waals surface area contributed by atoms with Crippen LogP contribution in [0.3, 0.4) is 0 Å². The highest BCUT2D eigenvalue weighted by molar-refractivity contribution is 9.10. The van der Waals surface area contributed by atoms with E-state index in [1.54, 1.807) is 0 Å². The molecule has 23 heavy (non-hydrogen) atoms. The number of anilines is 1. The molecule has 1 saturated heterocycles. The largest absolute Gasteiger partial charge is 0.497 e. The van der Waals surface area contributed by atoms with Crippen molar-refractivity contribution in [3.63, 3.8) is 0 Å². The van der Waals surface area contributed by atoms with Crippen LogP contribution >= 0.6 is 15.9 Å². The fourth-order valence-corrected chi connectivity index (χ4v) is 2.50. The third-order valence-electron chi connectivity index (χ3n) is 4.45. The third kappa shape index (κ3) is 3.81. The smallest absolute Gasteiger partial charge is 0.399 e. The van der Waals surface area contributed by atoms with Crippen molar-refractivity contribution >= 4 is 40.1 Å². The second kappa shape index (κ2) is 5.90. The molecule has 2 rings (SSSR count). The molecule has 0 saturated carbocycles. The van der Waals surface area contributed by atoms with Crippen molar-refractivity contribution < 1.29 is 14.1 Å². The van der Waals surface area contributed by atoms with Crippen LogP contribution in [0.15, 0.2) is 22.7 Å². The molecule has 0 unspecified atom stereocenters. The summed E-state index contributed by atoms with van der Waals surface area (Å²) in [5, 5.41) is 2.99. The lowest BCUT2D eigenvalue weighted by atomic mass is 9.77. The quantitative estimate of drug-likeness (QED) is 0.794. The molecule has 1 aromatic carbocycles. The molecule has 0 atom stereocenters. The fraction of sp³-hybridized carbons (Fsp3) is 0.588. The molecule has 6 heteroatoms. The highest BCUT2D eigenvalue weighted by Gasteiger charge is 2.52. The molecular weight excluding hydrogens is 357 g/mol. The van der Waals surface area contributed by atoms with Gasteiger partial charge in [-0.1, -0.05) is 36.7 Å². The molecule has 126 valence electrons. The van der Waals surface area contributed by atoms with Crippen LogP contribution in [0.25, 0.3) is 0 Å². The molecule has 4 nitrogen and oxygen atoms in total. The number of benzene rings is 1. The maximum absolute atomic E-state index is 12.3. The molecule has 1 heterocycles. The van der Waals surface area contributed by atoms with Gasteiger partial charge in [-0.05, 0) is 45.9 Å². The van der Waals surface area contributed by atoms with Crippen molar-refractivity contribution in [3.05, 3.63) is 22.7 Å². The lowest BCUT2D eigenvalue weighted by Gasteiger charge is -2.32. The monoisotopic (exact) mass is 381 g/mol. The zero-order valence-electron chi connectivity index (χ0n) is 14.9. The first kappa shape index (κ1) is 18.5. The van der Waals surface area contributed by atoms with E-state index in [1.165, 1.54) is 0 Å². The Morgan fingerprint density at radius 1 is 1.13 bits per heavy atom. The average Bonchev–Trinajstić information content (AvgIpc) is 2.59. The van der Waals surface area contributed by atoms with Gasteiger partial charge in [0.2, 0.25) is 5.91 Å². The van der Waals surface area contributed by atoms with Crippen LogP contribution in [0.4, 0.5) is 5.69 Å². The molecule has 1 fully saturated rings. The van der Waals surface area contributed by atoms with Crippen molar-refractivity contribution in [2.24, 2.45) is 5.41 Å². The van der Waals surface area contributed by atoms with Crippen LogP contribution in [-0.2, 0) is 14.1 Å². The first-order chi connectivity index (χ1) is 10.3. The van der Waals surface area contributed by atoms with Gasteiger partial charge in [-0.15, -0.1) is 0 Å². The fourth-order valence-electron chi connectivity index (χ4n) is 2.12. The second-order valence-corrected chi connectivity index (χ2v) is 8.94. The summed E-state index contributed by atoms with van der Waals surface area (Å²) in [6.07, 6.45) is 0. The molecule has 1 aliphatic rings. The summed E-state index contributed by atoms with van der Waals surface area (Å²) < 4.78 is 13.2. The highest BCUT2D eigenvalue weighted by atomic mass is 79.9. The molecule has 1 amide bonds. The number of amides is 1. The van der Waals surface area contributed by atoms with E-state index < -0.39 is 23.7 Å².